The number of piperidine rings is 1. The summed E-state index contributed by atoms with van der Waals surface area (Å²) in [5.41, 5.74) is -2.03. The van der Waals surface area contributed by atoms with Crippen LogP contribution in [0, 0.1) is 5.82 Å². The molecule has 0 aromatic heterocycles. The van der Waals surface area contributed by atoms with E-state index in [0.717, 1.165) is 19.2 Å². The number of carbonyl (C=O) groups is 1. The molecule has 0 aliphatic carbocycles. The molecule has 0 spiro atoms. The molecule has 2 saturated heterocycles. The Bertz CT molecular complexity index is 1170. The largest absolute Gasteiger partial charge is 0.494 e. The quantitative estimate of drug-likeness (QED) is 0.402. The van der Waals surface area contributed by atoms with E-state index < -0.39 is 41.9 Å². The first-order valence-corrected chi connectivity index (χ1v) is 12.4. The minimum atomic E-state index is -4.69. The molecule has 206 valence electrons. The molecule has 2 aromatic rings. The summed E-state index contributed by atoms with van der Waals surface area (Å²) in [6, 6.07) is 6.50. The lowest BCUT2D eigenvalue weighted by atomic mass is 9.79. The Kier molecular flexibility index (Phi) is 7.71. The van der Waals surface area contributed by atoms with Crippen LogP contribution < -0.4 is 20.8 Å². The molecule has 2 N–H and O–H groups in total. The van der Waals surface area contributed by atoms with Crippen molar-refractivity contribution >= 4 is 30.0 Å². The Morgan fingerprint density at radius 1 is 1.03 bits per heavy atom. The number of amides is 2. The third kappa shape index (κ3) is 6.24. The molecule has 0 radical (unpaired) electrons. The van der Waals surface area contributed by atoms with Crippen LogP contribution in [0.3, 0.4) is 0 Å². The van der Waals surface area contributed by atoms with Crippen LogP contribution in [0.2, 0.25) is 0 Å². The molecule has 7 nitrogen and oxygen atoms in total. The number of urea groups is 1. The fourth-order valence-electron chi connectivity index (χ4n) is 4.26. The van der Waals surface area contributed by atoms with Gasteiger partial charge in [-0.05, 0) is 83.4 Å². The maximum absolute atomic E-state index is 14.8. The standard InChI is InChI=1S/C26H32BF4N3O4/c1-24(2)25(3,4)38-27(37-24)16-6-8-21(20(28)14-16)33-23(35)32-17-7-9-22(19(15-17)26(29,30)31)36-18-10-12-34(5)13-11-18/h6-9,14-15,18H,10-13H2,1-5H3,(H2,32,33,35). The average Bonchev–Trinajstić information content (AvgIpc) is 3.03. The van der Waals surface area contributed by atoms with Gasteiger partial charge < -0.3 is 29.6 Å². The minimum Gasteiger partial charge on any atom is -0.490 e. The monoisotopic (exact) mass is 537 g/mol. The van der Waals surface area contributed by atoms with Crippen LogP contribution in [0.4, 0.5) is 33.7 Å². The number of nitrogens with zero attached hydrogens (tertiary/aromatic N) is 1. The Morgan fingerprint density at radius 2 is 1.66 bits per heavy atom. The van der Waals surface area contributed by atoms with Gasteiger partial charge in [0, 0.05) is 18.8 Å². The van der Waals surface area contributed by atoms with Crippen molar-refractivity contribution in [2.75, 3.05) is 30.8 Å². The lowest BCUT2D eigenvalue weighted by Gasteiger charge is -2.32. The predicted octanol–water partition coefficient (Wildman–Crippen LogP) is 5.26. The fraction of sp³-hybridized carbons (Fsp3) is 0.500. The van der Waals surface area contributed by atoms with Crippen molar-refractivity contribution in [3.8, 4) is 5.75 Å². The van der Waals surface area contributed by atoms with Crippen LogP contribution in [0.25, 0.3) is 0 Å². The van der Waals surface area contributed by atoms with E-state index in [2.05, 4.69) is 15.5 Å². The van der Waals surface area contributed by atoms with Crippen molar-refractivity contribution in [2.24, 2.45) is 0 Å². The van der Waals surface area contributed by atoms with E-state index >= 15 is 0 Å². The van der Waals surface area contributed by atoms with Gasteiger partial charge in [0.2, 0.25) is 0 Å². The van der Waals surface area contributed by atoms with Gasteiger partial charge in [0.1, 0.15) is 17.7 Å². The lowest BCUT2D eigenvalue weighted by Crippen LogP contribution is -2.41. The number of likely N-dealkylation sites (tertiary alicyclic amines) is 1. The van der Waals surface area contributed by atoms with Gasteiger partial charge in [-0.1, -0.05) is 6.07 Å². The number of benzene rings is 2. The molecule has 38 heavy (non-hydrogen) atoms. The zero-order chi connectivity index (χ0) is 27.9. The van der Waals surface area contributed by atoms with E-state index in [1.807, 2.05) is 34.7 Å². The number of hydrogen-bond acceptors (Lipinski definition) is 5. The number of anilines is 2. The Balaban J connectivity index is 1.43. The van der Waals surface area contributed by atoms with E-state index in [-0.39, 0.29) is 23.2 Å². The summed E-state index contributed by atoms with van der Waals surface area (Å²) in [4.78, 5) is 14.6. The van der Waals surface area contributed by atoms with Crippen LogP contribution in [0.15, 0.2) is 36.4 Å². The van der Waals surface area contributed by atoms with Crippen molar-refractivity contribution in [3.05, 3.63) is 47.8 Å². The van der Waals surface area contributed by atoms with Gasteiger partial charge in [0.25, 0.3) is 0 Å². The highest BCUT2D eigenvalue weighted by molar-refractivity contribution is 6.62. The Labute approximate surface area is 220 Å². The number of halogens is 4. The number of nitrogens with one attached hydrogen (secondary N) is 2. The van der Waals surface area contributed by atoms with Gasteiger partial charge in [0.15, 0.2) is 0 Å². The summed E-state index contributed by atoms with van der Waals surface area (Å²) >= 11 is 0. The van der Waals surface area contributed by atoms with Crippen LogP contribution >= 0.6 is 0 Å². The van der Waals surface area contributed by atoms with Crippen molar-refractivity contribution < 1.29 is 36.4 Å². The number of hydrogen-bond donors (Lipinski definition) is 2. The smallest absolute Gasteiger partial charge is 0.490 e. The summed E-state index contributed by atoms with van der Waals surface area (Å²) in [7, 11) is 1.16. The van der Waals surface area contributed by atoms with Crippen molar-refractivity contribution in [1.82, 2.24) is 4.90 Å². The first-order valence-electron chi connectivity index (χ1n) is 12.4. The second kappa shape index (κ2) is 10.4. The number of ether oxygens (including phenoxy) is 1. The highest BCUT2D eigenvalue weighted by Crippen LogP contribution is 2.39. The van der Waals surface area contributed by atoms with E-state index in [0.29, 0.717) is 18.3 Å². The van der Waals surface area contributed by atoms with E-state index in [1.54, 1.807) is 6.07 Å². The van der Waals surface area contributed by atoms with Crippen molar-refractivity contribution in [1.29, 1.82) is 0 Å². The Hall–Kier alpha value is -2.83. The summed E-state index contributed by atoms with van der Waals surface area (Å²) < 4.78 is 73.6. The van der Waals surface area contributed by atoms with E-state index in [1.165, 1.54) is 24.3 Å². The Morgan fingerprint density at radius 3 is 2.24 bits per heavy atom. The summed E-state index contributed by atoms with van der Waals surface area (Å²) in [6.07, 6.45) is -3.77. The highest BCUT2D eigenvalue weighted by Gasteiger charge is 2.51. The number of rotatable bonds is 5. The molecule has 0 bridgehead atoms. The molecule has 0 atom stereocenters. The molecular formula is C26H32BF4N3O4. The zero-order valence-corrected chi connectivity index (χ0v) is 22.0. The van der Waals surface area contributed by atoms with Gasteiger partial charge in [0.05, 0.1) is 22.5 Å². The molecule has 2 amide bonds. The molecule has 2 aromatic carbocycles. The van der Waals surface area contributed by atoms with Gasteiger partial charge in [-0.3, -0.25) is 0 Å². The summed E-state index contributed by atoms with van der Waals surface area (Å²) in [5, 5.41) is 4.66. The number of carbonyl (C=O) groups excluding carboxylic acids is 1. The number of alkyl halides is 3. The molecule has 0 unspecified atom stereocenters. The zero-order valence-electron chi connectivity index (χ0n) is 22.0. The van der Waals surface area contributed by atoms with Gasteiger partial charge in [-0.15, -0.1) is 0 Å². The van der Waals surface area contributed by atoms with Crippen LogP contribution in [-0.2, 0) is 15.5 Å². The average molecular weight is 537 g/mol. The first kappa shape index (κ1) is 28.2. The normalized spacial score (nSPS) is 19.9. The molecule has 2 aliphatic rings. The van der Waals surface area contributed by atoms with Crippen molar-refractivity contribution in [2.45, 2.75) is 64.0 Å². The maximum atomic E-state index is 14.8. The van der Waals surface area contributed by atoms with E-state index in [4.69, 9.17) is 14.0 Å². The van der Waals surface area contributed by atoms with Crippen LogP contribution in [-0.4, -0.2) is 55.5 Å². The molecule has 2 heterocycles. The van der Waals surface area contributed by atoms with Gasteiger partial charge in [-0.2, -0.15) is 13.2 Å². The topological polar surface area (TPSA) is 72.1 Å². The fourth-order valence-corrected chi connectivity index (χ4v) is 4.26. The molecule has 2 fully saturated rings. The summed E-state index contributed by atoms with van der Waals surface area (Å²) in [5.74, 6) is -1.03. The predicted molar refractivity (Wildman–Crippen MR) is 137 cm³/mol. The first-order chi connectivity index (χ1) is 17.6. The van der Waals surface area contributed by atoms with Crippen molar-refractivity contribution in [3.63, 3.8) is 0 Å². The third-order valence-electron chi connectivity index (χ3n) is 7.27. The van der Waals surface area contributed by atoms with Gasteiger partial charge >= 0.3 is 19.3 Å². The molecule has 4 rings (SSSR count). The minimum absolute atomic E-state index is 0.111. The second-order valence-corrected chi connectivity index (χ2v) is 10.7. The summed E-state index contributed by atoms with van der Waals surface area (Å²) in [6.45, 7) is 8.98. The van der Waals surface area contributed by atoms with Gasteiger partial charge in [-0.25, -0.2) is 9.18 Å². The molecular weight excluding hydrogens is 505 g/mol. The SMILES string of the molecule is CN1CCC(Oc2ccc(NC(=O)Nc3ccc(B4OC(C)(C)C(C)(C)O4)cc3F)cc2C(F)(F)F)CC1. The lowest BCUT2D eigenvalue weighted by molar-refractivity contribution is -0.139. The second-order valence-electron chi connectivity index (χ2n) is 10.7. The molecule has 0 saturated carbocycles. The van der Waals surface area contributed by atoms with E-state index in [9.17, 15) is 22.4 Å². The van der Waals surface area contributed by atoms with Crippen LogP contribution in [0.5, 0.6) is 5.75 Å². The third-order valence-corrected chi connectivity index (χ3v) is 7.27. The maximum Gasteiger partial charge on any atom is 0.494 e. The highest BCUT2D eigenvalue weighted by atomic mass is 19.4. The van der Waals surface area contributed by atoms with Crippen LogP contribution in [0.1, 0.15) is 46.1 Å². The molecule has 2 aliphatic heterocycles. The molecule has 12 heteroatoms.